The molecular formula is C30H32F3N7O4. The van der Waals surface area contributed by atoms with Crippen molar-refractivity contribution in [1.29, 1.82) is 0 Å². The first-order chi connectivity index (χ1) is 20.9. The molecule has 232 valence electrons. The number of likely N-dealkylation sites (tertiary alicyclic amines) is 1. The molecule has 2 saturated heterocycles. The Morgan fingerprint density at radius 1 is 1.14 bits per heavy atom. The molecule has 0 spiro atoms. The van der Waals surface area contributed by atoms with Gasteiger partial charge in [0.2, 0.25) is 23.6 Å². The quantitative estimate of drug-likeness (QED) is 0.351. The van der Waals surface area contributed by atoms with Crippen molar-refractivity contribution >= 4 is 29.4 Å². The Bertz CT molecular complexity index is 1570. The van der Waals surface area contributed by atoms with E-state index in [-0.39, 0.29) is 53.6 Å². The van der Waals surface area contributed by atoms with Crippen molar-refractivity contribution in [2.75, 3.05) is 43.4 Å². The van der Waals surface area contributed by atoms with Crippen LogP contribution in [0.15, 0.2) is 48.7 Å². The zero-order valence-corrected chi connectivity index (χ0v) is 24.2. The van der Waals surface area contributed by atoms with E-state index in [0.29, 0.717) is 43.4 Å². The molecule has 3 aromatic rings. The van der Waals surface area contributed by atoms with E-state index in [0.717, 1.165) is 12.5 Å². The second-order valence-electron chi connectivity index (χ2n) is 10.8. The summed E-state index contributed by atoms with van der Waals surface area (Å²) in [6, 6.07) is 9.89. The average Bonchev–Trinajstić information content (AvgIpc) is 3.43. The molecule has 0 aliphatic carbocycles. The molecule has 44 heavy (non-hydrogen) atoms. The van der Waals surface area contributed by atoms with Gasteiger partial charge in [0, 0.05) is 69.2 Å². The first-order valence-electron chi connectivity index (χ1n) is 14.1. The van der Waals surface area contributed by atoms with Gasteiger partial charge in [0.05, 0.1) is 12.1 Å². The molecule has 0 saturated carbocycles. The van der Waals surface area contributed by atoms with E-state index in [1.165, 1.54) is 31.3 Å². The Morgan fingerprint density at radius 3 is 2.68 bits per heavy atom. The molecule has 2 aliphatic heterocycles. The van der Waals surface area contributed by atoms with Gasteiger partial charge >= 0.3 is 6.18 Å². The Balaban J connectivity index is 1.27. The van der Waals surface area contributed by atoms with Crippen LogP contribution < -0.4 is 20.7 Å². The fourth-order valence-electron chi connectivity index (χ4n) is 5.11. The lowest BCUT2D eigenvalue weighted by Gasteiger charge is -2.27. The van der Waals surface area contributed by atoms with Crippen molar-refractivity contribution in [3.05, 3.63) is 70.9 Å². The van der Waals surface area contributed by atoms with Gasteiger partial charge in [-0.05, 0) is 48.7 Å². The van der Waals surface area contributed by atoms with Gasteiger partial charge in [-0.15, -0.1) is 0 Å². The highest BCUT2D eigenvalue weighted by atomic mass is 19.4. The number of nitrogens with zero attached hydrogens (tertiary/aromatic N) is 4. The molecule has 1 unspecified atom stereocenters. The number of anilines is 2. The molecule has 3 N–H and O–H groups in total. The monoisotopic (exact) mass is 611 g/mol. The smallest absolute Gasteiger partial charge is 0.416 e. The van der Waals surface area contributed by atoms with Crippen molar-refractivity contribution < 1.29 is 32.3 Å². The zero-order valence-electron chi connectivity index (χ0n) is 24.2. The highest BCUT2D eigenvalue weighted by Crippen LogP contribution is 2.35. The Kier molecular flexibility index (Phi) is 8.99. The molecular weight excluding hydrogens is 579 g/mol. The number of halogens is 3. The van der Waals surface area contributed by atoms with Crippen molar-refractivity contribution in [3.8, 4) is 11.6 Å². The number of aromatic nitrogens is 2. The van der Waals surface area contributed by atoms with Gasteiger partial charge in [0.15, 0.2) is 0 Å². The van der Waals surface area contributed by atoms with Crippen molar-refractivity contribution in [2.45, 2.75) is 39.0 Å². The minimum atomic E-state index is -4.66. The first-order valence-corrected chi connectivity index (χ1v) is 14.1. The Morgan fingerprint density at radius 2 is 1.95 bits per heavy atom. The number of amides is 3. The van der Waals surface area contributed by atoms with Gasteiger partial charge in [-0.25, -0.2) is 4.98 Å². The molecule has 2 aliphatic rings. The van der Waals surface area contributed by atoms with E-state index in [2.05, 4.69) is 25.9 Å². The van der Waals surface area contributed by atoms with Crippen molar-refractivity contribution in [2.24, 2.45) is 0 Å². The number of hydrogen-bond donors (Lipinski definition) is 3. The van der Waals surface area contributed by atoms with Gasteiger partial charge in [-0.2, -0.15) is 18.2 Å². The summed E-state index contributed by atoms with van der Waals surface area (Å²) in [6.45, 7) is 5.28. The number of piperazine rings is 1. The first kappa shape index (κ1) is 30.7. The SMILES string of the molecule is CC(=O)N1CCC(Nc2nccc(Oc3cc(C(=O)Nc4ccc(CN5CCNC(=O)C5)c(C(F)(F)F)c4)ccc3C)n2)C1. The number of aryl methyl sites for hydroxylation is 1. The lowest BCUT2D eigenvalue weighted by Crippen LogP contribution is -2.47. The normalized spacial score (nSPS) is 17.2. The number of alkyl halides is 3. The maximum Gasteiger partial charge on any atom is 0.416 e. The summed E-state index contributed by atoms with van der Waals surface area (Å²) in [5.74, 6) is 0.0398. The predicted octanol–water partition coefficient (Wildman–Crippen LogP) is 3.81. The molecule has 2 aromatic carbocycles. The summed E-state index contributed by atoms with van der Waals surface area (Å²) >= 11 is 0. The second-order valence-corrected chi connectivity index (χ2v) is 10.8. The maximum absolute atomic E-state index is 14.0. The third-order valence-corrected chi connectivity index (χ3v) is 7.45. The number of carbonyl (C=O) groups excluding carboxylic acids is 3. The van der Waals surface area contributed by atoms with Gasteiger partial charge in [-0.3, -0.25) is 19.3 Å². The number of ether oxygens (including phenoxy) is 1. The summed E-state index contributed by atoms with van der Waals surface area (Å²) in [7, 11) is 0. The van der Waals surface area contributed by atoms with Crippen LogP contribution in [0.5, 0.6) is 11.6 Å². The molecule has 14 heteroatoms. The number of carbonyl (C=O) groups is 3. The van der Waals surface area contributed by atoms with Crippen LogP contribution in [-0.4, -0.2) is 76.3 Å². The van der Waals surface area contributed by atoms with Crippen LogP contribution in [0.1, 0.15) is 40.4 Å². The number of benzene rings is 2. The number of rotatable bonds is 8. The molecule has 11 nitrogen and oxygen atoms in total. The molecule has 1 atom stereocenters. The minimum absolute atomic E-state index is 0.00102. The predicted molar refractivity (Wildman–Crippen MR) is 155 cm³/mol. The lowest BCUT2D eigenvalue weighted by atomic mass is 10.0. The van der Waals surface area contributed by atoms with Crippen LogP contribution >= 0.6 is 0 Å². The van der Waals surface area contributed by atoms with Crippen molar-refractivity contribution in [3.63, 3.8) is 0 Å². The molecule has 0 radical (unpaired) electrons. The largest absolute Gasteiger partial charge is 0.439 e. The molecule has 2 fully saturated rings. The summed E-state index contributed by atoms with van der Waals surface area (Å²) in [4.78, 5) is 48.4. The lowest BCUT2D eigenvalue weighted by molar-refractivity contribution is -0.138. The van der Waals surface area contributed by atoms with Crippen LogP contribution in [0.4, 0.5) is 24.8 Å². The van der Waals surface area contributed by atoms with E-state index in [1.807, 2.05) is 0 Å². The average molecular weight is 612 g/mol. The molecule has 1 aromatic heterocycles. The van der Waals surface area contributed by atoms with E-state index < -0.39 is 17.6 Å². The fourth-order valence-corrected chi connectivity index (χ4v) is 5.11. The van der Waals surface area contributed by atoms with Gasteiger partial charge in [0.25, 0.3) is 5.91 Å². The summed E-state index contributed by atoms with van der Waals surface area (Å²) < 4.78 is 47.8. The third kappa shape index (κ3) is 7.61. The van der Waals surface area contributed by atoms with E-state index >= 15 is 0 Å². The Labute approximate surface area is 251 Å². The highest BCUT2D eigenvalue weighted by Gasteiger charge is 2.34. The fraction of sp³-hybridized carbons (Fsp3) is 0.367. The van der Waals surface area contributed by atoms with Crippen molar-refractivity contribution in [1.82, 2.24) is 25.1 Å². The third-order valence-electron chi connectivity index (χ3n) is 7.45. The van der Waals surface area contributed by atoms with E-state index in [4.69, 9.17) is 4.74 Å². The van der Waals surface area contributed by atoms with E-state index in [9.17, 15) is 27.6 Å². The van der Waals surface area contributed by atoms with Gasteiger partial charge in [0.1, 0.15) is 5.75 Å². The van der Waals surface area contributed by atoms with Gasteiger partial charge < -0.3 is 25.6 Å². The topological polar surface area (TPSA) is 129 Å². The maximum atomic E-state index is 14.0. The zero-order chi connectivity index (χ0) is 31.4. The van der Waals surface area contributed by atoms with Crippen LogP contribution in [0.2, 0.25) is 0 Å². The summed E-state index contributed by atoms with van der Waals surface area (Å²) in [6.07, 6.45) is -2.38. The van der Waals surface area contributed by atoms with E-state index in [1.54, 1.807) is 34.9 Å². The molecule has 3 amide bonds. The van der Waals surface area contributed by atoms with Crippen LogP contribution in [0, 0.1) is 6.92 Å². The van der Waals surface area contributed by atoms with Crippen LogP contribution in [0.3, 0.4) is 0 Å². The number of hydrogen-bond acceptors (Lipinski definition) is 8. The highest BCUT2D eigenvalue weighted by molar-refractivity contribution is 6.04. The molecule has 0 bridgehead atoms. The van der Waals surface area contributed by atoms with Crippen LogP contribution in [0.25, 0.3) is 0 Å². The second kappa shape index (κ2) is 12.9. The molecule has 5 rings (SSSR count). The minimum Gasteiger partial charge on any atom is -0.439 e. The van der Waals surface area contributed by atoms with Crippen LogP contribution in [-0.2, 0) is 22.3 Å². The number of nitrogens with one attached hydrogen (secondary N) is 3. The standard InChI is InChI=1S/C30H32F3N7O4/c1-18-3-4-20(13-25(18)44-27-7-9-35-29(38-27)37-23-8-11-40(16-23)19(2)41)28(43)36-22-6-5-21(24(14-22)30(31,32)33)15-39-12-10-34-26(42)17-39/h3-7,9,13-14,23H,8,10-12,15-17H2,1-2H3,(H,34,42)(H,36,43)(H,35,37,38). The molecule has 3 heterocycles. The Hall–Kier alpha value is -4.72. The summed E-state index contributed by atoms with van der Waals surface area (Å²) in [5.41, 5.74) is -0.0109. The summed E-state index contributed by atoms with van der Waals surface area (Å²) in [5, 5.41) is 8.40. The van der Waals surface area contributed by atoms with Gasteiger partial charge in [-0.1, -0.05) is 12.1 Å².